The number of sulfonamides is 2. The zero-order chi connectivity index (χ0) is 23.7. The van der Waals surface area contributed by atoms with E-state index in [-0.39, 0.29) is 16.1 Å². The molecule has 32 heavy (non-hydrogen) atoms. The van der Waals surface area contributed by atoms with E-state index in [2.05, 4.69) is 14.5 Å². The Hall–Kier alpha value is -2.85. The van der Waals surface area contributed by atoms with Crippen LogP contribution < -0.4 is 9.44 Å². The maximum absolute atomic E-state index is 13.2. The number of para-hydroxylation sites is 1. The van der Waals surface area contributed by atoms with Crippen LogP contribution in [0.15, 0.2) is 59.5 Å². The number of aryl methyl sites for hydroxylation is 1. The number of hydrogen-bond acceptors (Lipinski definition) is 5. The minimum Gasteiger partial charge on any atom is -0.284 e. The fraction of sp³-hybridized carbons (Fsp3) is 0.318. The van der Waals surface area contributed by atoms with Gasteiger partial charge in [0.1, 0.15) is 5.82 Å². The van der Waals surface area contributed by atoms with Crippen molar-refractivity contribution in [3.63, 3.8) is 0 Å². The second-order valence-corrected chi connectivity index (χ2v) is 12.2. The minimum absolute atomic E-state index is 0.0510. The Labute approximate surface area is 189 Å². The van der Waals surface area contributed by atoms with Crippen LogP contribution in [-0.4, -0.2) is 32.4 Å². The SMILES string of the molecule is CCS(=O)(=O)Nc1ccc(S(=O)(=O)Nc2cc(C(C)(C)C)nn2-c2ccccc2)c(C)c1. The molecular weight excluding hydrogens is 448 g/mol. The average Bonchev–Trinajstić information content (AvgIpc) is 3.11. The van der Waals surface area contributed by atoms with Gasteiger partial charge in [0.2, 0.25) is 10.0 Å². The lowest BCUT2D eigenvalue weighted by molar-refractivity contribution is 0.560. The van der Waals surface area contributed by atoms with Crippen molar-refractivity contribution in [3.05, 3.63) is 65.9 Å². The highest BCUT2D eigenvalue weighted by Crippen LogP contribution is 2.29. The van der Waals surface area contributed by atoms with E-state index in [9.17, 15) is 16.8 Å². The highest BCUT2D eigenvalue weighted by molar-refractivity contribution is 7.93. The third kappa shape index (κ3) is 5.31. The van der Waals surface area contributed by atoms with E-state index in [0.717, 1.165) is 11.4 Å². The van der Waals surface area contributed by atoms with Gasteiger partial charge in [-0.25, -0.2) is 21.5 Å². The van der Waals surface area contributed by atoms with Gasteiger partial charge in [0.15, 0.2) is 0 Å². The summed E-state index contributed by atoms with van der Waals surface area (Å²) in [5.41, 5.74) is 1.90. The van der Waals surface area contributed by atoms with Gasteiger partial charge in [-0.3, -0.25) is 9.44 Å². The van der Waals surface area contributed by atoms with Crippen molar-refractivity contribution in [1.82, 2.24) is 9.78 Å². The minimum atomic E-state index is -3.96. The molecule has 3 rings (SSSR count). The fourth-order valence-electron chi connectivity index (χ4n) is 3.05. The van der Waals surface area contributed by atoms with E-state index in [4.69, 9.17) is 0 Å². The molecule has 0 saturated carbocycles. The van der Waals surface area contributed by atoms with Gasteiger partial charge in [0, 0.05) is 17.2 Å². The van der Waals surface area contributed by atoms with Crippen molar-refractivity contribution >= 4 is 31.6 Å². The molecule has 0 fully saturated rings. The first-order valence-electron chi connectivity index (χ1n) is 10.1. The van der Waals surface area contributed by atoms with Crippen LogP contribution in [0.1, 0.15) is 39.0 Å². The van der Waals surface area contributed by atoms with Crippen LogP contribution in [0, 0.1) is 6.92 Å². The summed E-state index contributed by atoms with van der Waals surface area (Å²) >= 11 is 0. The standard InChI is InChI=1S/C22H28N4O4S2/c1-6-31(27,28)24-17-12-13-19(16(2)14-17)32(29,30)25-21-15-20(22(3,4)5)23-26(21)18-10-8-7-9-11-18/h7-15,24-25H,6H2,1-5H3. The average molecular weight is 477 g/mol. The molecule has 0 bridgehead atoms. The zero-order valence-electron chi connectivity index (χ0n) is 18.7. The van der Waals surface area contributed by atoms with Gasteiger partial charge < -0.3 is 0 Å². The van der Waals surface area contributed by atoms with Gasteiger partial charge in [-0.1, -0.05) is 39.0 Å². The normalized spacial score (nSPS) is 12.5. The molecule has 0 saturated heterocycles. The third-order valence-electron chi connectivity index (χ3n) is 4.84. The maximum atomic E-state index is 13.2. The number of aromatic nitrogens is 2. The number of nitrogens with one attached hydrogen (secondary N) is 2. The summed E-state index contributed by atoms with van der Waals surface area (Å²) in [7, 11) is -7.42. The van der Waals surface area contributed by atoms with Crippen molar-refractivity contribution in [2.75, 3.05) is 15.2 Å². The lowest BCUT2D eigenvalue weighted by atomic mass is 9.92. The Morgan fingerprint density at radius 2 is 1.59 bits per heavy atom. The first kappa shape index (κ1) is 23.8. The molecule has 10 heteroatoms. The van der Waals surface area contributed by atoms with Gasteiger partial charge in [0.25, 0.3) is 10.0 Å². The number of nitrogens with zero attached hydrogens (tertiary/aromatic N) is 2. The molecule has 2 aromatic carbocycles. The molecule has 2 N–H and O–H groups in total. The zero-order valence-corrected chi connectivity index (χ0v) is 20.4. The molecule has 0 atom stereocenters. The highest BCUT2D eigenvalue weighted by Gasteiger charge is 2.25. The molecule has 0 spiro atoms. The summed E-state index contributed by atoms with van der Waals surface area (Å²) in [4.78, 5) is 0.0510. The van der Waals surface area contributed by atoms with Crippen LogP contribution in [0.2, 0.25) is 0 Å². The molecule has 1 aromatic heterocycles. The van der Waals surface area contributed by atoms with E-state index < -0.39 is 20.0 Å². The lowest BCUT2D eigenvalue weighted by Gasteiger charge is -2.14. The van der Waals surface area contributed by atoms with Crippen molar-refractivity contribution in [2.24, 2.45) is 0 Å². The first-order valence-corrected chi connectivity index (χ1v) is 13.3. The van der Waals surface area contributed by atoms with Crippen molar-refractivity contribution in [1.29, 1.82) is 0 Å². The quantitative estimate of drug-likeness (QED) is 0.535. The van der Waals surface area contributed by atoms with Crippen LogP contribution in [0.4, 0.5) is 11.5 Å². The Morgan fingerprint density at radius 3 is 2.16 bits per heavy atom. The molecule has 0 aliphatic heterocycles. The predicted octanol–water partition coefficient (Wildman–Crippen LogP) is 4.04. The molecule has 8 nitrogen and oxygen atoms in total. The molecule has 0 amide bonds. The van der Waals surface area contributed by atoms with Crippen LogP contribution >= 0.6 is 0 Å². The second kappa shape index (κ2) is 8.59. The number of rotatable bonds is 7. The van der Waals surface area contributed by atoms with Crippen LogP contribution in [0.3, 0.4) is 0 Å². The smallest absolute Gasteiger partial charge is 0.263 e. The van der Waals surface area contributed by atoms with E-state index in [1.165, 1.54) is 25.1 Å². The van der Waals surface area contributed by atoms with E-state index in [1.807, 2.05) is 51.1 Å². The summed E-state index contributed by atoms with van der Waals surface area (Å²) < 4.78 is 56.7. The number of hydrogen-bond donors (Lipinski definition) is 2. The third-order valence-corrected chi connectivity index (χ3v) is 7.66. The second-order valence-electron chi connectivity index (χ2n) is 8.50. The molecule has 3 aromatic rings. The van der Waals surface area contributed by atoms with Gasteiger partial charge in [-0.15, -0.1) is 0 Å². The Morgan fingerprint density at radius 1 is 0.938 bits per heavy atom. The van der Waals surface area contributed by atoms with Gasteiger partial charge in [-0.05, 0) is 49.7 Å². The van der Waals surface area contributed by atoms with Crippen molar-refractivity contribution < 1.29 is 16.8 Å². The molecular formula is C22H28N4O4S2. The monoisotopic (exact) mass is 476 g/mol. The van der Waals surface area contributed by atoms with E-state index >= 15 is 0 Å². The summed E-state index contributed by atoms with van der Waals surface area (Å²) in [6, 6.07) is 15.3. The van der Waals surface area contributed by atoms with Crippen LogP contribution in [0.25, 0.3) is 5.69 Å². The molecule has 172 valence electrons. The van der Waals surface area contributed by atoms with E-state index in [1.54, 1.807) is 17.7 Å². The molecule has 0 unspecified atom stereocenters. The first-order chi connectivity index (χ1) is 14.8. The predicted molar refractivity (Wildman–Crippen MR) is 127 cm³/mol. The Balaban J connectivity index is 2.00. The highest BCUT2D eigenvalue weighted by atomic mass is 32.2. The topological polar surface area (TPSA) is 110 Å². The van der Waals surface area contributed by atoms with Gasteiger partial charge in [-0.2, -0.15) is 5.10 Å². The Kier molecular flexibility index (Phi) is 6.39. The fourth-order valence-corrected chi connectivity index (χ4v) is 4.94. The van der Waals surface area contributed by atoms with Crippen molar-refractivity contribution in [3.8, 4) is 5.69 Å². The summed E-state index contributed by atoms with van der Waals surface area (Å²) in [5.74, 6) is 0.240. The van der Waals surface area contributed by atoms with Crippen LogP contribution in [-0.2, 0) is 25.5 Å². The largest absolute Gasteiger partial charge is 0.284 e. The molecule has 1 heterocycles. The lowest BCUT2D eigenvalue weighted by Crippen LogP contribution is -2.18. The summed E-state index contributed by atoms with van der Waals surface area (Å²) in [5, 5.41) is 4.63. The molecule has 0 radical (unpaired) electrons. The summed E-state index contributed by atoms with van der Waals surface area (Å²) in [6.07, 6.45) is 0. The maximum Gasteiger partial charge on any atom is 0.263 e. The number of anilines is 2. The molecule has 0 aliphatic rings. The molecule has 0 aliphatic carbocycles. The number of benzene rings is 2. The summed E-state index contributed by atoms with van der Waals surface area (Å²) in [6.45, 7) is 9.16. The van der Waals surface area contributed by atoms with E-state index in [0.29, 0.717) is 17.1 Å². The van der Waals surface area contributed by atoms with Gasteiger partial charge in [0.05, 0.1) is 22.0 Å². The van der Waals surface area contributed by atoms with Gasteiger partial charge >= 0.3 is 0 Å². The van der Waals surface area contributed by atoms with Crippen LogP contribution in [0.5, 0.6) is 0 Å². The van der Waals surface area contributed by atoms with Crippen molar-refractivity contribution in [2.45, 2.75) is 44.9 Å². The Bertz CT molecular complexity index is 1320.